The van der Waals surface area contributed by atoms with Crippen molar-refractivity contribution >= 4 is 5.91 Å². The van der Waals surface area contributed by atoms with Gasteiger partial charge in [0.15, 0.2) is 6.10 Å². The summed E-state index contributed by atoms with van der Waals surface area (Å²) in [6.45, 7) is 0.890. The largest absolute Gasteiger partial charge is 0.480 e. The Morgan fingerprint density at radius 2 is 2.12 bits per heavy atom. The topological polar surface area (TPSA) is 49.8 Å². The number of carbonyl (C=O) groups is 1. The zero-order valence-corrected chi connectivity index (χ0v) is 9.50. The second-order valence-electron chi connectivity index (χ2n) is 4.65. The van der Waals surface area contributed by atoms with Gasteiger partial charge < -0.3 is 14.7 Å². The fourth-order valence-corrected chi connectivity index (χ4v) is 2.34. The van der Waals surface area contributed by atoms with Crippen molar-refractivity contribution in [3.05, 3.63) is 29.8 Å². The summed E-state index contributed by atoms with van der Waals surface area (Å²) in [5.74, 6) is 0.822. The molecule has 4 nitrogen and oxygen atoms in total. The first-order valence-corrected chi connectivity index (χ1v) is 5.95. The highest BCUT2D eigenvalue weighted by Crippen LogP contribution is 2.28. The second kappa shape index (κ2) is 4.04. The number of aryl methyl sites for hydroxylation is 1. The molecule has 1 unspecified atom stereocenters. The minimum atomic E-state index is -0.377. The molecule has 2 heterocycles. The van der Waals surface area contributed by atoms with Crippen LogP contribution in [0.3, 0.4) is 0 Å². The van der Waals surface area contributed by atoms with Crippen LogP contribution < -0.4 is 4.74 Å². The molecule has 0 bridgehead atoms. The van der Waals surface area contributed by atoms with Crippen LogP contribution in [-0.4, -0.2) is 41.2 Å². The van der Waals surface area contributed by atoms with Gasteiger partial charge in [0.2, 0.25) is 0 Å². The lowest BCUT2D eigenvalue weighted by Crippen LogP contribution is -2.57. The Morgan fingerprint density at radius 1 is 1.35 bits per heavy atom. The van der Waals surface area contributed by atoms with E-state index in [2.05, 4.69) is 0 Å². The smallest absolute Gasteiger partial charge is 0.263 e. The summed E-state index contributed by atoms with van der Waals surface area (Å²) in [7, 11) is 0. The molecule has 2 aliphatic heterocycles. The first-order chi connectivity index (χ1) is 8.24. The molecule has 90 valence electrons. The number of fused-ring (bicyclic) bond motifs is 1. The van der Waals surface area contributed by atoms with Gasteiger partial charge in [-0.05, 0) is 24.5 Å². The fourth-order valence-electron chi connectivity index (χ4n) is 2.34. The molecule has 3 rings (SSSR count). The standard InChI is InChI=1S/C13H15NO3/c15-10-7-14(8-10)13(16)12-6-5-9-3-1-2-4-11(9)17-12/h1-4,10,12,15H,5-8H2. The van der Waals surface area contributed by atoms with Gasteiger partial charge in [0.1, 0.15) is 5.75 Å². The average Bonchev–Trinajstić information content (AvgIpc) is 2.33. The van der Waals surface area contributed by atoms with E-state index in [1.807, 2.05) is 24.3 Å². The van der Waals surface area contributed by atoms with Gasteiger partial charge in [-0.25, -0.2) is 0 Å². The highest BCUT2D eigenvalue weighted by atomic mass is 16.5. The molecule has 17 heavy (non-hydrogen) atoms. The van der Waals surface area contributed by atoms with E-state index >= 15 is 0 Å². The van der Waals surface area contributed by atoms with Crippen LogP contribution >= 0.6 is 0 Å². The van der Waals surface area contributed by atoms with Crippen LogP contribution in [0.2, 0.25) is 0 Å². The maximum Gasteiger partial charge on any atom is 0.263 e. The quantitative estimate of drug-likeness (QED) is 0.772. The lowest BCUT2D eigenvalue weighted by molar-refractivity contribution is -0.149. The lowest BCUT2D eigenvalue weighted by atomic mass is 10.0. The van der Waals surface area contributed by atoms with E-state index < -0.39 is 0 Å². The SMILES string of the molecule is O=C(C1CCc2ccccc2O1)N1CC(O)C1. The summed E-state index contributed by atoms with van der Waals surface area (Å²) < 4.78 is 5.71. The van der Waals surface area contributed by atoms with Gasteiger partial charge in [-0.1, -0.05) is 18.2 Å². The Kier molecular flexibility index (Phi) is 2.52. The van der Waals surface area contributed by atoms with Crippen molar-refractivity contribution in [1.29, 1.82) is 0 Å². The van der Waals surface area contributed by atoms with Gasteiger partial charge in [0.25, 0.3) is 5.91 Å². The summed E-state index contributed by atoms with van der Waals surface area (Å²) in [5, 5.41) is 9.19. The number of likely N-dealkylation sites (tertiary alicyclic amines) is 1. The zero-order valence-electron chi connectivity index (χ0n) is 9.50. The van der Waals surface area contributed by atoms with Gasteiger partial charge in [0, 0.05) is 13.1 Å². The summed E-state index contributed by atoms with van der Waals surface area (Å²) in [4.78, 5) is 13.7. The minimum absolute atomic E-state index is 0.00445. The molecule has 4 heteroatoms. The van der Waals surface area contributed by atoms with Gasteiger partial charge >= 0.3 is 0 Å². The molecule has 1 saturated heterocycles. The number of ether oxygens (including phenoxy) is 1. The van der Waals surface area contributed by atoms with Crippen molar-refractivity contribution < 1.29 is 14.6 Å². The van der Waals surface area contributed by atoms with Crippen LogP contribution in [0.15, 0.2) is 24.3 Å². The van der Waals surface area contributed by atoms with Crippen LogP contribution in [0.5, 0.6) is 5.75 Å². The molecular weight excluding hydrogens is 218 g/mol. The van der Waals surface area contributed by atoms with E-state index in [-0.39, 0.29) is 18.1 Å². The lowest BCUT2D eigenvalue weighted by Gasteiger charge is -2.38. The third-order valence-electron chi connectivity index (χ3n) is 3.37. The Hall–Kier alpha value is -1.55. The number of carbonyl (C=O) groups excluding carboxylic acids is 1. The second-order valence-corrected chi connectivity index (χ2v) is 4.65. The highest BCUT2D eigenvalue weighted by Gasteiger charge is 2.35. The number of aliphatic hydroxyl groups is 1. The molecular formula is C13H15NO3. The number of β-amino-alcohol motifs (C(OH)–C–C–N with tert-alkyl or cyclic N) is 1. The number of nitrogens with zero attached hydrogens (tertiary/aromatic N) is 1. The van der Waals surface area contributed by atoms with Crippen molar-refractivity contribution in [3.63, 3.8) is 0 Å². The third-order valence-corrected chi connectivity index (χ3v) is 3.37. The fraction of sp³-hybridized carbons (Fsp3) is 0.462. The Labute approximate surface area is 99.8 Å². The van der Waals surface area contributed by atoms with E-state index in [0.29, 0.717) is 13.1 Å². The molecule has 2 aliphatic rings. The number of amides is 1. The molecule has 0 aromatic heterocycles. The van der Waals surface area contributed by atoms with Crippen LogP contribution in [0, 0.1) is 0 Å². The number of hydrogen-bond donors (Lipinski definition) is 1. The predicted octanol–water partition coefficient (Wildman–Crippen LogP) is 0.583. The monoisotopic (exact) mass is 233 g/mol. The molecule has 1 aromatic carbocycles. The van der Waals surface area contributed by atoms with E-state index in [0.717, 1.165) is 18.6 Å². The van der Waals surface area contributed by atoms with Crippen molar-refractivity contribution in [3.8, 4) is 5.75 Å². The maximum absolute atomic E-state index is 12.0. The average molecular weight is 233 g/mol. The summed E-state index contributed by atoms with van der Waals surface area (Å²) in [5.41, 5.74) is 1.17. The Bertz CT molecular complexity index is 440. The van der Waals surface area contributed by atoms with E-state index in [1.165, 1.54) is 5.56 Å². The van der Waals surface area contributed by atoms with Gasteiger partial charge in [0.05, 0.1) is 6.10 Å². The summed E-state index contributed by atoms with van der Waals surface area (Å²) in [6, 6.07) is 7.83. The molecule has 1 atom stereocenters. The molecule has 1 N–H and O–H groups in total. The maximum atomic E-state index is 12.0. The molecule has 0 spiro atoms. The third kappa shape index (κ3) is 1.89. The number of hydrogen-bond acceptors (Lipinski definition) is 3. The van der Waals surface area contributed by atoms with Crippen LogP contribution in [0.1, 0.15) is 12.0 Å². The highest BCUT2D eigenvalue weighted by molar-refractivity contribution is 5.82. The Morgan fingerprint density at radius 3 is 2.88 bits per heavy atom. The van der Waals surface area contributed by atoms with Crippen LogP contribution in [0.25, 0.3) is 0 Å². The van der Waals surface area contributed by atoms with E-state index in [4.69, 9.17) is 4.74 Å². The van der Waals surface area contributed by atoms with Crippen molar-refractivity contribution in [2.24, 2.45) is 0 Å². The number of para-hydroxylation sites is 1. The van der Waals surface area contributed by atoms with Gasteiger partial charge in [-0.15, -0.1) is 0 Å². The first kappa shape index (κ1) is 10.6. The molecule has 1 aromatic rings. The minimum Gasteiger partial charge on any atom is -0.480 e. The molecule has 1 amide bonds. The summed E-state index contributed by atoms with van der Waals surface area (Å²) in [6.07, 6.45) is 0.873. The van der Waals surface area contributed by atoms with Crippen molar-refractivity contribution in [1.82, 2.24) is 4.90 Å². The van der Waals surface area contributed by atoms with Crippen LogP contribution in [-0.2, 0) is 11.2 Å². The molecule has 0 aliphatic carbocycles. The molecule has 0 saturated carbocycles. The zero-order chi connectivity index (χ0) is 11.8. The van der Waals surface area contributed by atoms with E-state index in [9.17, 15) is 9.90 Å². The van der Waals surface area contributed by atoms with Crippen LogP contribution in [0.4, 0.5) is 0 Å². The molecule has 0 radical (unpaired) electrons. The van der Waals surface area contributed by atoms with E-state index in [1.54, 1.807) is 4.90 Å². The normalized spacial score (nSPS) is 23.6. The number of benzene rings is 1. The summed E-state index contributed by atoms with van der Waals surface area (Å²) >= 11 is 0. The number of rotatable bonds is 1. The van der Waals surface area contributed by atoms with Crippen molar-refractivity contribution in [2.75, 3.05) is 13.1 Å². The Balaban J connectivity index is 1.69. The first-order valence-electron chi connectivity index (χ1n) is 5.95. The van der Waals surface area contributed by atoms with Gasteiger partial charge in [-0.3, -0.25) is 4.79 Å². The predicted molar refractivity (Wildman–Crippen MR) is 61.8 cm³/mol. The molecule has 1 fully saturated rings. The van der Waals surface area contributed by atoms with Gasteiger partial charge in [-0.2, -0.15) is 0 Å². The van der Waals surface area contributed by atoms with Crippen molar-refractivity contribution in [2.45, 2.75) is 25.0 Å². The number of aliphatic hydroxyl groups excluding tert-OH is 1.